The highest BCUT2D eigenvalue weighted by Gasteiger charge is 2.10. The van der Waals surface area contributed by atoms with Crippen LogP contribution in [0.3, 0.4) is 0 Å². The summed E-state index contributed by atoms with van der Waals surface area (Å²) in [5.74, 6) is -0.0158. The van der Waals surface area contributed by atoms with Crippen LogP contribution < -0.4 is 11.1 Å². The minimum Gasteiger partial charge on any atom is -0.355 e. The molecule has 2 aromatic rings. The number of hydrogen-bond acceptors (Lipinski definition) is 2. The number of rotatable bonds is 4. The molecule has 0 aliphatic heterocycles. The van der Waals surface area contributed by atoms with E-state index in [4.69, 9.17) is 17.3 Å². The highest BCUT2D eigenvalue weighted by Crippen LogP contribution is 2.24. The first-order valence-corrected chi connectivity index (χ1v) is 6.27. The maximum Gasteiger partial charge on any atom is 0.239 e. The normalized spacial score (nSPS) is 10.8. The van der Waals surface area contributed by atoms with Crippen molar-refractivity contribution in [2.75, 3.05) is 6.54 Å². The number of hydrogen-bond donors (Lipinski definition) is 2. The van der Waals surface area contributed by atoms with Gasteiger partial charge in [-0.25, -0.2) is 0 Å². The molecule has 0 radical (unpaired) electrons. The summed E-state index contributed by atoms with van der Waals surface area (Å²) < 4.78 is 1.88. The standard InChI is InChI=1S/C13H16ClN3O/c1-2-16-13(18)8-17-7-9(6-15)11-4-3-10(14)5-12(11)17/h3-5,7H,2,6,8,15H2,1H3,(H,16,18). The summed E-state index contributed by atoms with van der Waals surface area (Å²) in [7, 11) is 0. The molecule has 2 rings (SSSR count). The van der Waals surface area contributed by atoms with Crippen LogP contribution in [0.5, 0.6) is 0 Å². The summed E-state index contributed by atoms with van der Waals surface area (Å²) >= 11 is 6.00. The Kier molecular flexibility index (Phi) is 3.89. The molecule has 5 heteroatoms. The summed E-state index contributed by atoms with van der Waals surface area (Å²) in [5, 5.41) is 4.48. The van der Waals surface area contributed by atoms with Gasteiger partial charge in [0.1, 0.15) is 6.54 Å². The molecule has 1 heterocycles. The first-order valence-electron chi connectivity index (χ1n) is 5.89. The molecule has 0 spiro atoms. The molecular weight excluding hydrogens is 250 g/mol. The molecule has 0 unspecified atom stereocenters. The number of nitrogens with one attached hydrogen (secondary N) is 1. The fraction of sp³-hybridized carbons (Fsp3) is 0.308. The molecule has 0 saturated carbocycles. The molecule has 4 nitrogen and oxygen atoms in total. The second-order valence-electron chi connectivity index (χ2n) is 4.10. The number of nitrogens with zero attached hydrogens (tertiary/aromatic N) is 1. The van der Waals surface area contributed by atoms with Crippen molar-refractivity contribution in [1.82, 2.24) is 9.88 Å². The first-order chi connectivity index (χ1) is 8.65. The number of benzene rings is 1. The van der Waals surface area contributed by atoms with E-state index in [2.05, 4.69) is 5.32 Å². The zero-order chi connectivity index (χ0) is 13.1. The second kappa shape index (κ2) is 5.42. The van der Waals surface area contributed by atoms with E-state index < -0.39 is 0 Å². The van der Waals surface area contributed by atoms with Gasteiger partial charge >= 0.3 is 0 Å². The molecule has 0 fully saturated rings. The van der Waals surface area contributed by atoms with Crippen molar-refractivity contribution >= 4 is 28.4 Å². The monoisotopic (exact) mass is 265 g/mol. The van der Waals surface area contributed by atoms with E-state index in [0.717, 1.165) is 16.5 Å². The number of likely N-dealkylation sites (N-methyl/N-ethyl adjacent to an activating group) is 1. The number of carbonyl (C=O) groups excluding carboxylic acids is 1. The van der Waals surface area contributed by atoms with Gasteiger partial charge < -0.3 is 15.6 Å². The quantitative estimate of drug-likeness (QED) is 0.887. The Balaban J connectivity index is 2.43. The zero-order valence-corrected chi connectivity index (χ0v) is 11.0. The average Bonchev–Trinajstić information content (AvgIpc) is 2.67. The molecule has 0 aliphatic carbocycles. The van der Waals surface area contributed by atoms with Gasteiger partial charge in [0.2, 0.25) is 5.91 Å². The second-order valence-corrected chi connectivity index (χ2v) is 4.54. The minimum absolute atomic E-state index is 0.0158. The maximum absolute atomic E-state index is 11.6. The number of carbonyl (C=O) groups is 1. The SMILES string of the molecule is CCNC(=O)Cn1cc(CN)c2ccc(Cl)cc21. The van der Waals surface area contributed by atoms with Gasteiger partial charge in [-0.2, -0.15) is 0 Å². The van der Waals surface area contributed by atoms with Crippen molar-refractivity contribution in [3.05, 3.63) is 35.0 Å². The van der Waals surface area contributed by atoms with Crippen LogP contribution >= 0.6 is 11.6 Å². The number of aromatic nitrogens is 1. The van der Waals surface area contributed by atoms with Gasteiger partial charge in [-0.3, -0.25) is 4.79 Å². The van der Waals surface area contributed by atoms with Gasteiger partial charge in [-0.05, 0) is 24.6 Å². The maximum atomic E-state index is 11.6. The fourth-order valence-electron chi connectivity index (χ4n) is 2.04. The number of fused-ring (bicyclic) bond motifs is 1. The topological polar surface area (TPSA) is 60.0 Å². The highest BCUT2D eigenvalue weighted by molar-refractivity contribution is 6.31. The third-order valence-corrected chi connectivity index (χ3v) is 3.07. The van der Waals surface area contributed by atoms with E-state index in [1.165, 1.54) is 0 Å². The Hall–Kier alpha value is -1.52. The van der Waals surface area contributed by atoms with Crippen LogP contribution in [0.4, 0.5) is 0 Å². The van der Waals surface area contributed by atoms with E-state index in [9.17, 15) is 4.79 Å². The zero-order valence-electron chi connectivity index (χ0n) is 10.2. The number of halogens is 1. The lowest BCUT2D eigenvalue weighted by molar-refractivity contribution is -0.121. The van der Waals surface area contributed by atoms with E-state index in [-0.39, 0.29) is 12.5 Å². The molecule has 0 atom stereocenters. The average molecular weight is 266 g/mol. The lowest BCUT2D eigenvalue weighted by Crippen LogP contribution is -2.26. The minimum atomic E-state index is -0.0158. The van der Waals surface area contributed by atoms with Gasteiger partial charge in [-0.1, -0.05) is 17.7 Å². The third-order valence-electron chi connectivity index (χ3n) is 2.83. The first kappa shape index (κ1) is 12.9. The van der Waals surface area contributed by atoms with Crippen molar-refractivity contribution in [2.24, 2.45) is 5.73 Å². The van der Waals surface area contributed by atoms with Crippen LogP contribution in [-0.2, 0) is 17.9 Å². The molecule has 18 heavy (non-hydrogen) atoms. The van der Waals surface area contributed by atoms with Gasteiger partial charge in [0.05, 0.1) is 5.52 Å². The molecule has 0 saturated heterocycles. The Morgan fingerprint density at radius 1 is 1.50 bits per heavy atom. The number of nitrogens with two attached hydrogens (primary N) is 1. The predicted molar refractivity (Wildman–Crippen MR) is 73.5 cm³/mol. The molecule has 0 aliphatic rings. The predicted octanol–water partition coefficient (Wildman–Crippen LogP) is 1.89. The largest absolute Gasteiger partial charge is 0.355 e. The van der Waals surface area contributed by atoms with Crippen LogP contribution in [0.25, 0.3) is 10.9 Å². The summed E-state index contributed by atoms with van der Waals surface area (Å²) in [6, 6.07) is 5.63. The van der Waals surface area contributed by atoms with Crippen LogP contribution in [0.15, 0.2) is 24.4 Å². The van der Waals surface area contributed by atoms with E-state index in [0.29, 0.717) is 18.1 Å². The van der Waals surface area contributed by atoms with Crippen LogP contribution in [0.1, 0.15) is 12.5 Å². The smallest absolute Gasteiger partial charge is 0.239 e. The van der Waals surface area contributed by atoms with E-state index >= 15 is 0 Å². The van der Waals surface area contributed by atoms with Crippen LogP contribution in [0, 0.1) is 0 Å². The van der Waals surface area contributed by atoms with Gasteiger partial charge in [0.25, 0.3) is 0 Å². The van der Waals surface area contributed by atoms with Crippen molar-refractivity contribution in [3.8, 4) is 0 Å². The Morgan fingerprint density at radius 2 is 2.28 bits per heavy atom. The Morgan fingerprint density at radius 3 is 2.94 bits per heavy atom. The van der Waals surface area contributed by atoms with Gasteiger partial charge in [0.15, 0.2) is 0 Å². The molecule has 0 bridgehead atoms. The Bertz CT molecular complexity index is 577. The summed E-state index contributed by atoms with van der Waals surface area (Å²) in [5.41, 5.74) is 7.67. The van der Waals surface area contributed by atoms with E-state index in [1.807, 2.05) is 35.9 Å². The molecule has 1 aromatic heterocycles. The van der Waals surface area contributed by atoms with E-state index in [1.54, 1.807) is 0 Å². The third kappa shape index (κ3) is 2.49. The van der Waals surface area contributed by atoms with Gasteiger partial charge in [0, 0.05) is 29.7 Å². The molecule has 1 amide bonds. The fourth-order valence-corrected chi connectivity index (χ4v) is 2.21. The summed E-state index contributed by atoms with van der Waals surface area (Å²) in [6.07, 6.45) is 1.91. The molecular formula is C13H16ClN3O. The van der Waals surface area contributed by atoms with Crippen LogP contribution in [0.2, 0.25) is 5.02 Å². The number of amides is 1. The molecule has 3 N–H and O–H groups in total. The van der Waals surface area contributed by atoms with Gasteiger partial charge in [-0.15, -0.1) is 0 Å². The molecule has 96 valence electrons. The Labute approximate surface area is 111 Å². The van der Waals surface area contributed by atoms with Crippen molar-refractivity contribution in [3.63, 3.8) is 0 Å². The summed E-state index contributed by atoms with van der Waals surface area (Å²) in [4.78, 5) is 11.6. The van der Waals surface area contributed by atoms with Crippen molar-refractivity contribution < 1.29 is 4.79 Å². The highest BCUT2D eigenvalue weighted by atomic mass is 35.5. The van der Waals surface area contributed by atoms with Crippen LogP contribution in [-0.4, -0.2) is 17.0 Å². The lowest BCUT2D eigenvalue weighted by atomic mass is 10.2. The summed E-state index contributed by atoms with van der Waals surface area (Å²) in [6.45, 7) is 3.25. The van der Waals surface area contributed by atoms with Crippen molar-refractivity contribution in [1.29, 1.82) is 0 Å². The molecule has 1 aromatic carbocycles. The van der Waals surface area contributed by atoms with Crippen molar-refractivity contribution in [2.45, 2.75) is 20.0 Å². The lowest BCUT2D eigenvalue weighted by Gasteiger charge is -2.05.